The zero-order valence-electron chi connectivity index (χ0n) is 11.4. The van der Waals surface area contributed by atoms with E-state index in [4.69, 9.17) is 0 Å². The lowest BCUT2D eigenvalue weighted by Crippen LogP contribution is -2.13. The lowest BCUT2D eigenvalue weighted by Gasteiger charge is -2.23. The molecule has 2 nitrogen and oxygen atoms in total. The van der Waals surface area contributed by atoms with Crippen molar-refractivity contribution in [2.75, 3.05) is 0 Å². The summed E-state index contributed by atoms with van der Waals surface area (Å²) in [7, 11) is 0. The van der Waals surface area contributed by atoms with Crippen LogP contribution < -0.4 is 0 Å². The van der Waals surface area contributed by atoms with Gasteiger partial charge in [-0.25, -0.2) is 0 Å². The standard InChI is InChI=1S/C16H22N2/c1-12(2)13-8-9-14-11-17-18(16(14)10-13)15-6-4-3-5-7-15/h8-12,15H,3-7H2,1-2H3. The fourth-order valence-electron chi connectivity index (χ4n) is 3.03. The molecule has 1 heterocycles. The Morgan fingerprint density at radius 1 is 1.17 bits per heavy atom. The molecule has 0 bridgehead atoms. The van der Waals surface area contributed by atoms with Gasteiger partial charge in [-0.3, -0.25) is 4.68 Å². The molecule has 0 radical (unpaired) electrons. The predicted molar refractivity (Wildman–Crippen MR) is 75.9 cm³/mol. The zero-order chi connectivity index (χ0) is 12.5. The van der Waals surface area contributed by atoms with Gasteiger partial charge in [0, 0.05) is 5.39 Å². The minimum absolute atomic E-state index is 0.587. The van der Waals surface area contributed by atoms with Crippen LogP contribution in [0.3, 0.4) is 0 Å². The summed E-state index contributed by atoms with van der Waals surface area (Å²) in [5.74, 6) is 0.587. The van der Waals surface area contributed by atoms with Crippen molar-refractivity contribution in [1.82, 2.24) is 9.78 Å². The monoisotopic (exact) mass is 242 g/mol. The smallest absolute Gasteiger partial charge is 0.0688 e. The Kier molecular flexibility index (Phi) is 3.11. The zero-order valence-corrected chi connectivity index (χ0v) is 11.4. The normalized spacial score (nSPS) is 17.7. The van der Waals surface area contributed by atoms with Crippen LogP contribution in [0.1, 0.15) is 63.5 Å². The lowest BCUT2D eigenvalue weighted by atomic mass is 9.95. The van der Waals surface area contributed by atoms with Gasteiger partial charge < -0.3 is 0 Å². The summed E-state index contributed by atoms with van der Waals surface area (Å²) in [4.78, 5) is 0. The number of fused-ring (bicyclic) bond motifs is 1. The highest BCUT2D eigenvalue weighted by Gasteiger charge is 2.18. The van der Waals surface area contributed by atoms with Crippen LogP contribution in [0.2, 0.25) is 0 Å². The predicted octanol–water partition coefficient (Wildman–Crippen LogP) is 4.66. The molecule has 1 aliphatic carbocycles. The molecule has 0 atom stereocenters. The fourth-order valence-corrected chi connectivity index (χ4v) is 3.03. The van der Waals surface area contributed by atoms with Crippen molar-refractivity contribution < 1.29 is 0 Å². The maximum atomic E-state index is 4.64. The Bertz CT molecular complexity index is 533. The van der Waals surface area contributed by atoms with Crippen LogP contribution in [-0.4, -0.2) is 9.78 Å². The number of hydrogen-bond acceptors (Lipinski definition) is 1. The first kappa shape index (κ1) is 11.8. The highest BCUT2D eigenvalue weighted by Crippen LogP contribution is 2.31. The molecule has 0 amide bonds. The molecule has 0 N–H and O–H groups in total. The van der Waals surface area contributed by atoms with Gasteiger partial charge in [-0.2, -0.15) is 5.10 Å². The van der Waals surface area contributed by atoms with Crippen molar-refractivity contribution in [3.8, 4) is 0 Å². The van der Waals surface area contributed by atoms with Crippen LogP contribution in [0.4, 0.5) is 0 Å². The van der Waals surface area contributed by atoms with E-state index in [0.717, 1.165) is 0 Å². The Hall–Kier alpha value is -1.31. The van der Waals surface area contributed by atoms with E-state index in [2.05, 4.69) is 41.8 Å². The molecule has 1 fully saturated rings. The van der Waals surface area contributed by atoms with E-state index in [0.29, 0.717) is 12.0 Å². The number of benzene rings is 1. The van der Waals surface area contributed by atoms with Gasteiger partial charge in [0.2, 0.25) is 0 Å². The SMILES string of the molecule is CC(C)c1ccc2cnn(C3CCCCC3)c2c1. The molecule has 0 aliphatic heterocycles. The average molecular weight is 242 g/mol. The van der Waals surface area contributed by atoms with Gasteiger partial charge in [0.15, 0.2) is 0 Å². The molecule has 2 aromatic rings. The quantitative estimate of drug-likeness (QED) is 0.748. The molecular weight excluding hydrogens is 220 g/mol. The van der Waals surface area contributed by atoms with Crippen molar-refractivity contribution >= 4 is 10.9 Å². The van der Waals surface area contributed by atoms with Crippen LogP contribution in [0.25, 0.3) is 10.9 Å². The summed E-state index contributed by atoms with van der Waals surface area (Å²) in [6.07, 6.45) is 8.72. The van der Waals surface area contributed by atoms with E-state index in [1.165, 1.54) is 48.6 Å². The lowest BCUT2D eigenvalue weighted by molar-refractivity contribution is 0.337. The van der Waals surface area contributed by atoms with E-state index in [1.807, 2.05) is 6.20 Å². The maximum Gasteiger partial charge on any atom is 0.0688 e. The Labute approximate surface area is 109 Å². The number of rotatable bonds is 2. The van der Waals surface area contributed by atoms with E-state index in [1.54, 1.807) is 0 Å². The molecule has 1 aromatic heterocycles. The van der Waals surface area contributed by atoms with Crippen molar-refractivity contribution in [3.63, 3.8) is 0 Å². The van der Waals surface area contributed by atoms with Crippen molar-refractivity contribution in [1.29, 1.82) is 0 Å². The van der Waals surface area contributed by atoms with Crippen molar-refractivity contribution in [3.05, 3.63) is 30.0 Å². The first-order valence-corrected chi connectivity index (χ1v) is 7.23. The third kappa shape index (κ3) is 2.05. The third-order valence-corrected chi connectivity index (χ3v) is 4.21. The van der Waals surface area contributed by atoms with Gasteiger partial charge in [0.25, 0.3) is 0 Å². The van der Waals surface area contributed by atoms with E-state index < -0.39 is 0 Å². The van der Waals surface area contributed by atoms with Crippen LogP contribution >= 0.6 is 0 Å². The van der Waals surface area contributed by atoms with Gasteiger partial charge in [-0.15, -0.1) is 0 Å². The number of hydrogen-bond donors (Lipinski definition) is 0. The third-order valence-electron chi connectivity index (χ3n) is 4.21. The van der Waals surface area contributed by atoms with Crippen molar-refractivity contribution in [2.45, 2.75) is 57.9 Å². The van der Waals surface area contributed by atoms with E-state index >= 15 is 0 Å². The van der Waals surface area contributed by atoms with E-state index in [9.17, 15) is 0 Å². The topological polar surface area (TPSA) is 17.8 Å². The Morgan fingerprint density at radius 3 is 2.67 bits per heavy atom. The number of aromatic nitrogens is 2. The second kappa shape index (κ2) is 4.75. The summed E-state index contributed by atoms with van der Waals surface area (Å²) in [5, 5.41) is 5.92. The molecule has 0 saturated heterocycles. The molecule has 0 spiro atoms. The molecule has 3 rings (SSSR count). The van der Waals surface area contributed by atoms with Crippen LogP contribution in [-0.2, 0) is 0 Å². The summed E-state index contributed by atoms with van der Waals surface area (Å²) in [5.41, 5.74) is 2.74. The molecular formula is C16H22N2. The average Bonchev–Trinajstić information content (AvgIpc) is 2.82. The first-order valence-electron chi connectivity index (χ1n) is 7.23. The van der Waals surface area contributed by atoms with Gasteiger partial charge in [-0.05, 0) is 30.4 Å². The molecule has 1 aromatic carbocycles. The highest BCUT2D eigenvalue weighted by molar-refractivity contribution is 5.79. The fraction of sp³-hybridized carbons (Fsp3) is 0.562. The van der Waals surface area contributed by atoms with Crippen LogP contribution in [0.15, 0.2) is 24.4 Å². The van der Waals surface area contributed by atoms with Gasteiger partial charge >= 0.3 is 0 Å². The molecule has 1 aliphatic rings. The summed E-state index contributed by atoms with van der Waals surface area (Å²) in [6.45, 7) is 4.50. The van der Waals surface area contributed by atoms with Gasteiger partial charge in [0.05, 0.1) is 17.8 Å². The highest BCUT2D eigenvalue weighted by atomic mass is 15.3. The molecule has 0 unspecified atom stereocenters. The van der Waals surface area contributed by atoms with Crippen molar-refractivity contribution in [2.24, 2.45) is 0 Å². The second-order valence-corrected chi connectivity index (χ2v) is 5.85. The summed E-state index contributed by atoms with van der Waals surface area (Å²) in [6, 6.07) is 7.41. The molecule has 2 heteroatoms. The second-order valence-electron chi connectivity index (χ2n) is 5.85. The Balaban J connectivity index is 2.03. The first-order chi connectivity index (χ1) is 8.75. The summed E-state index contributed by atoms with van der Waals surface area (Å²) < 4.78 is 2.28. The van der Waals surface area contributed by atoms with Gasteiger partial charge in [0.1, 0.15) is 0 Å². The van der Waals surface area contributed by atoms with Gasteiger partial charge in [-0.1, -0.05) is 45.2 Å². The van der Waals surface area contributed by atoms with E-state index in [-0.39, 0.29) is 0 Å². The molecule has 18 heavy (non-hydrogen) atoms. The summed E-state index contributed by atoms with van der Waals surface area (Å²) >= 11 is 0. The Morgan fingerprint density at radius 2 is 1.94 bits per heavy atom. The maximum absolute atomic E-state index is 4.64. The van der Waals surface area contributed by atoms with Crippen LogP contribution in [0.5, 0.6) is 0 Å². The molecule has 1 saturated carbocycles. The largest absolute Gasteiger partial charge is 0.262 e. The number of nitrogens with zero attached hydrogens (tertiary/aromatic N) is 2. The van der Waals surface area contributed by atoms with Crippen LogP contribution in [0, 0.1) is 0 Å². The minimum atomic E-state index is 0.587. The minimum Gasteiger partial charge on any atom is -0.262 e. The molecule has 96 valence electrons.